The summed E-state index contributed by atoms with van der Waals surface area (Å²) in [4.78, 5) is 26.3. The van der Waals surface area contributed by atoms with Crippen LogP contribution in [0.1, 0.15) is 44.2 Å². The molecule has 0 atom stereocenters. The molecule has 1 aliphatic carbocycles. The monoisotopic (exact) mass is 364 g/mol. The van der Waals surface area contributed by atoms with Gasteiger partial charge in [0.1, 0.15) is 11.9 Å². The zero-order valence-corrected chi connectivity index (χ0v) is 14.2. The Bertz CT molecular complexity index is 836. The molecular formula is C16H18F2N6O2. The lowest BCUT2D eigenvalue weighted by Crippen LogP contribution is -2.38. The molecule has 10 heteroatoms. The predicted octanol–water partition coefficient (Wildman–Crippen LogP) is 2.36. The number of amides is 1. The highest BCUT2D eigenvalue weighted by Crippen LogP contribution is 2.45. The number of carbonyl (C=O) groups excluding carboxylic acids is 1. The number of aromatic nitrogens is 5. The lowest BCUT2D eigenvalue weighted by Gasteiger charge is -2.25. The van der Waals surface area contributed by atoms with Crippen molar-refractivity contribution in [1.82, 2.24) is 24.7 Å². The molecule has 0 radical (unpaired) electrons. The van der Waals surface area contributed by atoms with Crippen molar-refractivity contribution in [3.63, 3.8) is 0 Å². The van der Waals surface area contributed by atoms with Gasteiger partial charge in [0.05, 0.1) is 12.2 Å². The smallest absolute Gasteiger partial charge is 0.388 e. The molecule has 0 aromatic carbocycles. The van der Waals surface area contributed by atoms with Crippen molar-refractivity contribution in [1.29, 1.82) is 0 Å². The zero-order chi connectivity index (χ0) is 18.3. The van der Waals surface area contributed by atoms with E-state index in [1.54, 1.807) is 9.58 Å². The van der Waals surface area contributed by atoms with Gasteiger partial charge in [-0.05, 0) is 19.3 Å². The summed E-state index contributed by atoms with van der Waals surface area (Å²) in [6.07, 6.45) is 4.17. The van der Waals surface area contributed by atoms with Crippen LogP contribution in [0.3, 0.4) is 0 Å². The predicted molar refractivity (Wildman–Crippen MR) is 86.9 cm³/mol. The molecule has 0 bridgehead atoms. The first-order valence-corrected chi connectivity index (χ1v) is 8.63. The lowest BCUT2D eigenvalue weighted by molar-refractivity contribution is -0.119. The lowest BCUT2D eigenvalue weighted by atomic mass is 10.1. The van der Waals surface area contributed by atoms with Gasteiger partial charge in [-0.1, -0.05) is 6.92 Å². The van der Waals surface area contributed by atoms with Crippen molar-refractivity contribution in [2.24, 2.45) is 0 Å². The maximum absolute atomic E-state index is 12.8. The van der Waals surface area contributed by atoms with E-state index in [9.17, 15) is 13.6 Å². The molecule has 1 amide bonds. The molecular weight excluding hydrogens is 346 g/mol. The van der Waals surface area contributed by atoms with Gasteiger partial charge in [-0.3, -0.25) is 9.69 Å². The van der Waals surface area contributed by atoms with Crippen LogP contribution in [0.25, 0.3) is 11.4 Å². The number of ether oxygens (including phenoxy) is 1. The molecule has 8 nitrogen and oxygen atoms in total. The first-order valence-electron chi connectivity index (χ1n) is 8.63. The molecule has 0 N–H and O–H groups in total. The van der Waals surface area contributed by atoms with Crippen LogP contribution >= 0.6 is 0 Å². The van der Waals surface area contributed by atoms with E-state index in [1.807, 2.05) is 6.92 Å². The van der Waals surface area contributed by atoms with E-state index in [4.69, 9.17) is 0 Å². The van der Waals surface area contributed by atoms with Gasteiger partial charge in [0.25, 0.3) is 0 Å². The van der Waals surface area contributed by atoms with Crippen molar-refractivity contribution < 1.29 is 18.3 Å². The molecule has 2 aromatic rings. The number of aryl methyl sites for hydroxylation is 1. The maximum Gasteiger partial charge on any atom is 0.388 e. The summed E-state index contributed by atoms with van der Waals surface area (Å²) in [5.41, 5.74) is 0.910. The first-order chi connectivity index (χ1) is 12.6. The van der Waals surface area contributed by atoms with Crippen LogP contribution in [0, 0.1) is 0 Å². The molecule has 2 aromatic heterocycles. The number of hydrogen-bond donors (Lipinski definition) is 0. The van der Waals surface area contributed by atoms with Crippen LogP contribution in [-0.4, -0.2) is 43.8 Å². The average Bonchev–Trinajstić information content (AvgIpc) is 3.36. The van der Waals surface area contributed by atoms with Crippen molar-refractivity contribution in [3.05, 3.63) is 12.0 Å². The van der Waals surface area contributed by atoms with E-state index in [1.165, 1.54) is 6.33 Å². The van der Waals surface area contributed by atoms with Gasteiger partial charge in [0, 0.05) is 18.9 Å². The fourth-order valence-electron chi connectivity index (χ4n) is 3.12. The summed E-state index contributed by atoms with van der Waals surface area (Å²) < 4.78 is 31.9. The van der Waals surface area contributed by atoms with Crippen LogP contribution in [0.15, 0.2) is 6.33 Å². The second-order valence-electron chi connectivity index (χ2n) is 6.35. The van der Waals surface area contributed by atoms with Crippen LogP contribution in [0.5, 0.6) is 5.88 Å². The van der Waals surface area contributed by atoms with Gasteiger partial charge in [-0.15, -0.1) is 5.10 Å². The van der Waals surface area contributed by atoms with Crippen LogP contribution in [0.2, 0.25) is 0 Å². The second kappa shape index (κ2) is 6.58. The summed E-state index contributed by atoms with van der Waals surface area (Å²) in [5, 5.41) is 4.43. The average molecular weight is 364 g/mol. The molecule has 1 fully saturated rings. The Kier molecular flexibility index (Phi) is 4.25. The third-order valence-corrected chi connectivity index (χ3v) is 4.41. The standard InChI is InChI=1S/C16H18F2N6O2/c1-2-6-23-10(25)5-7-24-16(23)21-13(22-24)11-12(9-3-4-9)19-8-20-14(11)26-15(17)18/h8-9,15H,2-7H2,1H3. The second-order valence-corrected chi connectivity index (χ2v) is 6.35. The van der Waals surface area contributed by atoms with Gasteiger partial charge in [-0.2, -0.15) is 13.8 Å². The minimum atomic E-state index is -3.01. The van der Waals surface area contributed by atoms with Crippen LogP contribution < -0.4 is 9.64 Å². The number of hydrogen-bond acceptors (Lipinski definition) is 6. The molecule has 1 aliphatic heterocycles. The van der Waals surface area contributed by atoms with E-state index < -0.39 is 6.61 Å². The van der Waals surface area contributed by atoms with Gasteiger partial charge >= 0.3 is 6.61 Å². The number of nitrogens with zero attached hydrogens (tertiary/aromatic N) is 6. The number of halogens is 2. The van der Waals surface area contributed by atoms with Crippen LogP contribution in [0.4, 0.5) is 14.7 Å². The largest absolute Gasteiger partial charge is 0.416 e. The Morgan fingerprint density at radius 1 is 1.35 bits per heavy atom. The SMILES string of the molecule is CCCN1C(=O)CCn2nc(-c3c(OC(F)F)ncnc3C3CC3)nc21. The molecule has 0 spiro atoms. The van der Waals surface area contributed by atoms with E-state index in [2.05, 4.69) is 24.8 Å². The van der Waals surface area contributed by atoms with E-state index in [0.29, 0.717) is 36.7 Å². The highest BCUT2D eigenvalue weighted by molar-refractivity contribution is 5.93. The summed E-state index contributed by atoms with van der Waals surface area (Å²) in [6.45, 7) is -0.114. The third-order valence-electron chi connectivity index (χ3n) is 4.41. The normalized spacial score (nSPS) is 16.9. The molecule has 26 heavy (non-hydrogen) atoms. The Hall–Kier alpha value is -2.65. The van der Waals surface area contributed by atoms with Gasteiger partial charge < -0.3 is 4.74 Å². The molecule has 3 heterocycles. The Morgan fingerprint density at radius 2 is 2.15 bits per heavy atom. The Morgan fingerprint density at radius 3 is 2.85 bits per heavy atom. The third kappa shape index (κ3) is 2.99. The van der Waals surface area contributed by atoms with Gasteiger partial charge in [0.2, 0.25) is 17.7 Å². The molecule has 0 saturated heterocycles. The minimum absolute atomic E-state index is 0.0194. The zero-order valence-electron chi connectivity index (χ0n) is 14.2. The quantitative estimate of drug-likeness (QED) is 0.782. The molecule has 1 saturated carbocycles. The van der Waals surface area contributed by atoms with Crippen molar-refractivity contribution in [3.8, 4) is 17.3 Å². The fraction of sp³-hybridized carbons (Fsp3) is 0.562. The molecule has 2 aliphatic rings. The Balaban J connectivity index is 1.81. The molecule has 0 unspecified atom stereocenters. The number of rotatable bonds is 6. The number of anilines is 1. The van der Waals surface area contributed by atoms with Gasteiger partial charge in [0.15, 0.2) is 5.82 Å². The van der Waals surface area contributed by atoms with Crippen molar-refractivity contribution in [2.45, 2.75) is 51.7 Å². The Labute approximate surface area is 148 Å². The summed E-state index contributed by atoms with van der Waals surface area (Å²) in [6, 6.07) is 0. The molecule has 4 rings (SSSR count). The maximum atomic E-state index is 12.8. The highest BCUT2D eigenvalue weighted by atomic mass is 19.3. The number of fused-ring (bicyclic) bond motifs is 1. The van der Waals surface area contributed by atoms with Crippen LogP contribution in [-0.2, 0) is 11.3 Å². The number of carbonyl (C=O) groups is 1. The minimum Gasteiger partial charge on any atom is -0.416 e. The van der Waals surface area contributed by atoms with Crippen molar-refractivity contribution in [2.75, 3.05) is 11.4 Å². The summed E-state index contributed by atoms with van der Waals surface area (Å²) >= 11 is 0. The topological polar surface area (TPSA) is 86.0 Å². The number of alkyl halides is 2. The van der Waals surface area contributed by atoms with E-state index in [-0.39, 0.29) is 23.5 Å². The summed E-state index contributed by atoms with van der Waals surface area (Å²) in [7, 11) is 0. The first kappa shape index (κ1) is 16.8. The summed E-state index contributed by atoms with van der Waals surface area (Å²) in [5.74, 6) is 0.560. The fourth-order valence-corrected chi connectivity index (χ4v) is 3.12. The van der Waals surface area contributed by atoms with Gasteiger partial charge in [-0.25, -0.2) is 14.6 Å². The van der Waals surface area contributed by atoms with Crippen molar-refractivity contribution >= 4 is 11.9 Å². The highest BCUT2D eigenvalue weighted by Gasteiger charge is 2.34. The van der Waals surface area contributed by atoms with E-state index >= 15 is 0 Å². The van der Waals surface area contributed by atoms with E-state index in [0.717, 1.165) is 19.3 Å². The molecule has 138 valence electrons.